The van der Waals surface area contributed by atoms with Gasteiger partial charge in [-0.15, -0.1) is 0 Å². The van der Waals surface area contributed by atoms with Crippen LogP contribution in [0.2, 0.25) is 6.82 Å². The molecule has 0 saturated carbocycles. The molecule has 0 aromatic rings. The highest BCUT2D eigenvalue weighted by molar-refractivity contribution is 6.35. The third-order valence-corrected chi connectivity index (χ3v) is 3.59. The van der Waals surface area contributed by atoms with E-state index >= 15 is 0 Å². The van der Waals surface area contributed by atoms with Crippen molar-refractivity contribution >= 4 is 7.28 Å². The van der Waals surface area contributed by atoms with Crippen LogP contribution in [-0.4, -0.2) is 58.0 Å². The van der Waals surface area contributed by atoms with Gasteiger partial charge in [0, 0.05) is 14.2 Å². The van der Waals surface area contributed by atoms with Gasteiger partial charge in [-0.3, -0.25) is 0 Å². The van der Waals surface area contributed by atoms with Crippen molar-refractivity contribution < 1.29 is 18.9 Å². The maximum Gasteiger partial charge on any atom is 0.158 e. The SMILES string of the molecule is CBC1OC2(COC)C(C)OC1[C@H]2OC. The first-order chi connectivity index (χ1) is 7.19. The standard InChI is InChI=1S/C10H19BO4/c1-6-10(5-12-3)8(13-4)7(14-6)9(11-2)15-10/h6-9,11H,5H2,1-4H3/t6?,7?,8-,9?,10?/m1/s1. The number of fused-ring (bicyclic) bond motifs is 2. The van der Waals surface area contributed by atoms with E-state index in [1.165, 1.54) is 0 Å². The number of hydrogen-bond donors (Lipinski definition) is 0. The number of methoxy groups -OCH3 is 2. The van der Waals surface area contributed by atoms with Crippen LogP contribution < -0.4 is 0 Å². The summed E-state index contributed by atoms with van der Waals surface area (Å²) in [7, 11) is 4.34. The molecule has 0 N–H and O–H groups in total. The predicted octanol–water partition coefficient (Wildman–Crippen LogP) is 0.0148. The Kier molecular flexibility index (Phi) is 3.08. The van der Waals surface area contributed by atoms with Crippen molar-refractivity contribution in [3.63, 3.8) is 0 Å². The smallest absolute Gasteiger partial charge is 0.158 e. The minimum absolute atomic E-state index is 0.00241. The minimum atomic E-state index is -0.408. The predicted molar refractivity (Wildman–Crippen MR) is 57.6 cm³/mol. The summed E-state index contributed by atoms with van der Waals surface area (Å²) in [4.78, 5) is 0. The van der Waals surface area contributed by atoms with E-state index in [0.717, 1.165) is 7.28 Å². The van der Waals surface area contributed by atoms with E-state index in [-0.39, 0.29) is 24.3 Å². The van der Waals surface area contributed by atoms with Crippen LogP contribution >= 0.6 is 0 Å². The Morgan fingerprint density at radius 3 is 2.67 bits per heavy atom. The number of ether oxygens (including phenoxy) is 4. The van der Waals surface area contributed by atoms with E-state index in [1.54, 1.807) is 14.2 Å². The number of rotatable bonds is 4. The molecule has 0 aliphatic carbocycles. The molecule has 5 heteroatoms. The zero-order valence-corrected chi connectivity index (χ0v) is 9.86. The highest BCUT2D eigenvalue weighted by Gasteiger charge is 2.65. The molecule has 86 valence electrons. The van der Waals surface area contributed by atoms with Gasteiger partial charge in [0.05, 0.1) is 18.7 Å². The van der Waals surface area contributed by atoms with E-state index in [4.69, 9.17) is 18.9 Å². The average Bonchev–Trinajstić information content (AvgIpc) is 2.66. The molecule has 2 rings (SSSR count). The third kappa shape index (κ3) is 1.45. The van der Waals surface area contributed by atoms with Crippen LogP contribution in [0.5, 0.6) is 0 Å². The van der Waals surface area contributed by atoms with Crippen molar-refractivity contribution in [2.45, 2.75) is 43.7 Å². The monoisotopic (exact) mass is 214 g/mol. The van der Waals surface area contributed by atoms with Crippen LogP contribution in [0.25, 0.3) is 0 Å². The van der Waals surface area contributed by atoms with Crippen molar-refractivity contribution in [1.29, 1.82) is 0 Å². The van der Waals surface area contributed by atoms with Crippen molar-refractivity contribution in [3.8, 4) is 0 Å². The quantitative estimate of drug-likeness (QED) is 0.618. The molecule has 2 aliphatic heterocycles. The van der Waals surface area contributed by atoms with Gasteiger partial charge >= 0.3 is 0 Å². The highest BCUT2D eigenvalue weighted by atomic mass is 16.7. The molecule has 0 radical (unpaired) electrons. The second-order valence-electron chi connectivity index (χ2n) is 4.35. The highest BCUT2D eigenvalue weighted by Crippen LogP contribution is 2.45. The minimum Gasteiger partial charge on any atom is -0.381 e. The van der Waals surface area contributed by atoms with Crippen LogP contribution in [0, 0.1) is 0 Å². The lowest BCUT2D eigenvalue weighted by atomic mass is 9.72. The summed E-state index contributed by atoms with van der Waals surface area (Å²) in [6.45, 7) is 4.66. The molecule has 0 aromatic carbocycles. The maximum absolute atomic E-state index is 6.08. The molecule has 0 amide bonds. The first-order valence-electron chi connectivity index (χ1n) is 5.54. The first kappa shape index (κ1) is 11.4. The van der Waals surface area contributed by atoms with Crippen LogP contribution in [0.3, 0.4) is 0 Å². The molecule has 4 nitrogen and oxygen atoms in total. The van der Waals surface area contributed by atoms with Crippen molar-refractivity contribution in [2.24, 2.45) is 0 Å². The molecule has 15 heavy (non-hydrogen) atoms. The zero-order valence-electron chi connectivity index (χ0n) is 9.86. The fraction of sp³-hybridized carbons (Fsp3) is 1.00. The Bertz CT molecular complexity index is 237. The fourth-order valence-corrected chi connectivity index (χ4v) is 2.83. The van der Waals surface area contributed by atoms with Gasteiger partial charge in [0.2, 0.25) is 0 Å². The summed E-state index contributed by atoms with van der Waals surface area (Å²) in [6.07, 6.45) is 0.0951. The molecule has 0 spiro atoms. The van der Waals surface area contributed by atoms with Crippen molar-refractivity contribution in [3.05, 3.63) is 0 Å². The number of hydrogen-bond acceptors (Lipinski definition) is 4. The summed E-state index contributed by atoms with van der Waals surface area (Å²) in [6, 6.07) is 0.140. The third-order valence-electron chi connectivity index (χ3n) is 3.59. The Morgan fingerprint density at radius 1 is 1.40 bits per heavy atom. The summed E-state index contributed by atoms with van der Waals surface area (Å²) in [5.41, 5.74) is -0.408. The molecule has 0 aromatic heterocycles. The largest absolute Gasteiger partial charge is 0.381 e. The molecule has 2 heterocycles. The summed E-state index contributed by atoms with van der Waals surface area (Å²) < 4.78 is 22.8. The molecule has 5 atom stereocenters. The van der Waals surface area contributed by atoms with Crippen LogP contribution in [0.4, 0.5) is 0 Å². The van der Waals surface area contributed by atoms with Gasteiger partial charge in [0.15, 0.2) is 7.28 Å². The normalized spacial score (nSPS) is 48.5. The Balaban J connectivity index is 2.24. The van der Waals surface area contributed by atoms with Gasteiger partial charge in [-0.2, -0.15) is 0 Å². The van der Waals surface area contributed by atoms with E-state index in [2.05, 4.69) is 6.82 Å². The lowest BCUT2D eigenvalue weighted by Crippen LogP contribution is -2.51. The van der Waals surface area contributed by atoms with Crippen LogP contribution in [0.15, 0.2) is 0 Å². The van der Waals surface area contributed by atoms with Gasteiger partial charge in [-0.25, -0.2) is 0 Å². The van der Waals surface area contributed by atoms with Crippen molar-refractivity contribution in [1.82, 2.24) is 0 Å². The molecule has 2 bridgehead atoms. The van der Waals surface area contributed by atoms with Crippen LogP contribution in [0.1, 0.15) is 6.92 Å². The molecule has 4 unspecified atom stereocenters. The lowest BCUT2D eigenvalue weighted by Gasteiger charge is -2.35. The Morgan fingerprint density at radius 2 is 2.13 bits per heavy atom. The molecule has 2 saturated heterocycles. The van der Waals surface area contributed by atoms with Crippen molar-refractivity contribution in [2.75, 3.05) is 20.8 Å². The Labute approximate surface area is 91.5 Å². The fourth-order valence-electron chi connectivity index (χ4n) is 2.83. The molecular formula is C10H19BO4. The first-order valence-corrected chi connectivity index (χ1v) is 5.54. The molecule has 2 fully saturated rings. The zero-order chi connectivity index (χ0) is 11.1. The Hall–Kier alpha value is -0.0951. The lowest BCUT2D eigenvalue weighted by molar-refractivity contribution is -0.179. The summed E-state index contributed by atoms with van der Waals surface area (Å²) in [5.74, 6) is 0. The van der Waals surface area contributed by atoms with E-state index < -0.39 is 5.60 Å². The molecule has 2 aliphatic rings. The summed E-state index contributed by atoms with van der Waals surface area (Å²) >= 11 is 0. The average molecular weight is 214 g/mol. The van der Waals surface area contributed by atoms with Gasteiger partial charge in [0.1, 0.15) is 17.8 Å². The topological polar surface area (TPSA) is 36.9 Å². The van der Waals surface area contributed by atoms with E-state index in [0.29, 0.717) is 6.61 Å². The van der Waals surface area contributed by atoms with Gasteiger partial charge in [-0.1, -0.05) is 6.82 Å². The van der Waals surface area contributed by atoms with E-state index in [1.807, 2.05) is 6.92 Å². The molecular weight excluding hydrogens is 195 g/mol. The summed E-state index contributed by atoms with van der Waals surface area (Å²) in [5, 5.41) is 0. The van der Waals surface area contributed by atoms with Gasteiger partial charge < -0.3 is 18.9 Å². The second-order valence-corrected chi connectivity index (χ2v) is 4.35. The van der Waals surface area contributed by atoms with E-state index in [9.17, 15) is 0 Å². The van der Waals surface area contributed by atoms with Gasteiger partial charge in [0.25, 0.3) is 0 Å². The van der Waals surface area contributed by atoms with Crippen LogP contribution in [-0.2, 0) is 18.9 Å². The maximum atomic E-state index is 6.08. The van der Waals surface area contributed by atoms with Gasteiger partial charge in [-0.05, 0) is 6.92 Å². The second kappa shape index (κ2) is 4.05.